The normalized spacial score (nSPS) is 40.6. The van der Waals surface area contributed by atoms with Crippen LogP contribution in [0.3, 0.4) is 0 Å². The highest BCUT2D eigenvalue weighted by Gasteiger charge is 2.41. The second-order valence-corrected chi connectivity index (χ2v) is 7.43. The van der Waals surface area contributed by atoms with Crippen molar-refractivity contribution in [1.29, 1.82) is 0 Å². The molecule has 1 saturated carbocycles. The van der Waals surface area contributed by atoms with Crippen LogP contribution in [0.4, 0.5) is 0 Å². The Labute approximate surface area is 114 Å². The van der Waals surface area contributed by atoms with E-state index in [1.807, 2.05) is 11.8 Å². The van der Waals surface area contributed by atoms with Gasteiger partial charge in [0.05, 0.1) is 5.25 Å². The first-order chi connectivity index (χ1) is 8.75. The second-order valence-electron chi connectivity index (χ2n) is 6.12. The zero-order valence-electron chi connectivity index (χ0n) is 11.0. The van der Waals surface area contributed by atoms with Crippen LogP contribution in [0.1, 0.15) is 38.5 Å². The van der Waals surface area contributed by atoms with E-state index < -0.39 is 0 Å². The van der Waals surface area contributed by atoms with Gasteiger partial charge >= 0.3 is 0 Å². The Kier molecular flexibility index (Phi) is 3.85. The molecule has 18 heavy (non-hydrogen) atoms. The summed E-state index contributed by atoms with van der Waals surface area (Å²) in [4.78, 5) is 14.6. The highest BCUT2D eigenvalue weighted by molar-refractivity contribution is 8.00. The summed E-state index contributed by atoms with van der Waals surface area (Å²) in [6.45, 7) is 1.91. The van der Waals surface area contributed by atoms with Crippen molar-refractivity contribution in [2.45, 2.75) is 49.8 Å². The van der Waals surface area contributed by atoms with Crippen LogP contribution in [0.15, 0.2) is 0 Å². The summed E-state index contributed by atoms with van der Waals surface area (Å²) >= 11 is 1.87. The van der Waals surface area contributed by atoms with Gasteiger partial charge in [-0.05, 0) is 43.3 Å². The number of hydrogen-bond acceptors (Lipinski definition) is 3. The van der Waals surface area contributed by atoms with E-state index in [9.17, 15) is 4.79 Å². The molecule has 0 radical (unpaired) electrons. The van der Waals surface area contributed by atoms with Gasteiger partial charge in [-0.1, -0.05) is 12.8 Å². The number of fused-ring (bicyclic) bond motifs is 1. The summed E-state index contributed by atoms with van der Waals surface area (Å²) in [6.07, 6.45) is 7.28. The zero-order valence-corrected chi connectivity index (χ0v) is 11.8. The van der Waals surface area contributed by atoms with Crippen molar-refractivity contribution in [2.24, 2.45) is 17.6 Å². The van der Waals surface area contributed by atoms with Crippen molar-refractivity contribution in [3.63, 3.8) is 0 Å². The van der Waals surface area contributed by atoms with Gasteiger partial charge < -0.3 is 10.6 Å². The fourth-order valence-electron chi connectivity index (χ4n) is 3.84. The highest BCUT2D eigenvalue weighted by atomic mass is 32.2. The van der Waals surface area contributed by atoms with Crippen molar-refractivity contribution in [1.82, 2.24) is 4.90 Å². The predicted octanol–water partition coefficient (Wildman–Crippen LogP) is 1.86. The molecule has 2 aliphatic heterocycles. The quantitative estimate of drug-likeness (QED) is 0.789. The molecule has 3 nitrogen and oxygen atoms in total. The number of likely N-dealkylation sites (tertiary alicyclic amines) is 1. The molecule has 102 valence electrons. The lowest BCUT2D eigenvalue weighted by Gasteiger charge is -2.29. The predicted molar refractivity (Wildman–Crippen MR) is 75.5 cm³/mol. The third-order valence-corrected chi connectivity index (χ3v) is 6.28. The van der Waals surface area contributed by atoms with Gasteiger partial charge in [-0.3, -0.25) is 4.79 Å². The van der Waals surface area contributed by atoms with Gasteiger partial charge in [-0.2, -0.15) is 0 Å². The summed E-state index contributed by atoms with van der Waals surface area (Å²) in [6, 6.07) is 0.334. The Bertz CT molecular complexity index is 317. The number of nitrogens with zero attached hydrogens (tertiary/aromatic N) is 1. The van der Waals surface area contributed by atoms with Gasteiger partial charge in [0.1, 0.15) is 0 Å². The van der Waals surface area contributed by atoms with E-state index in [1.54, 1.807) is 0 Å². The van der Waals surface area contributed by atoms with Crippen LogP contribution in [0.5, 0.6) is 0 Å². The Morgan fingerprint density at radius 2 is 2.00 bits per heavy atom. The minimum atomic E-state index is 0.245. The van der Waals surface area contributed by atoms with E-state index in [0.29, 0.717) is 23.8 Å². The van der Waals surface area contributed by atoms with Gasteiger partial charge in [-0.15, -0.1) is 11.8 Å². The molecular weight excluding hydrogens is 244 g/mol. The lowest BCUT2D eigenvalue weighted by atomic mass is 9.78. The first kappa shape index (κ1) is 12.8. The average molecular weight is 268 g/mol. The molecule has 4 atom stereocenters. The molecule has 1 amide bonds. The summed E-state index contributed by atoms with van der Waals surface area (Å²) in [5, 5.41) is 0.245. The van der Waals surface area contributed by atoms with Gasteiger partial charge in [0.15, 0.2) is 0 Å². The molecule has 4 heteroatoms. The minimum absolute atomic E-state index is 0.245. The topological polar surface area (TPSA) is 46.3 Å². The van der Waals surface area contributed by atoms with E-state index in [-0.39, 0.29) is 5.25 Å². The van der Waals surface area contributed by atoms with Crippen molar-refractivity contribution in [2.75, 3.05) is 18.8 Å². The van der Waals surface area contributed by atoms with E-state index in [2.05, 4.69) is 4.90 Å². The van der Waals surface area contributed by atoms with E-state index in [0.717, 1.165) is 31.7 Å². The maximum atomic E-state index is 12.5. The first-order valence-corrected chi connectivity index (χ1v) is 8.46. The van der Waals surface area contributed by atoms with Crippen LogP contribution in [-0.2, 0) is 4.79 Å². The number of carbonyl (C=O) groups excluding carboxylic acids is 1. The first-order valence-electron chi connectivity index (χ1n) is 7.41. The molecule has 0 bridgehead atoms. The second kappa shape index (κ2) is 5.41. The summed E-state index contributed by atoms with van der Waals surface area (Å²) in [5.41, 5.74) is 6.22. The van der Waals surface area contributed by atoms with E-state index >= 15 is 0 Å². The lowest BCUT2D eigenvalue weighted by Crippen LogP contribution is -2.40. The number of amides is 1. The Morgan fingerprint density at radius 3 is 2.72 bits per heavy atom. The largest absolute Gasteiger partial charge is 0.341 e. The molecule has 2 heterocycles. The summed E-state index contributed by atoms with van der Waals surface area (Å²) in [5.74, 6) is 2.83. The molecule has 0 aromatic rings. The monoisotopic (exact) mass is 268 g/mol. The fraction of sp³-hybridized carbons (Fsp3) is 0.929. The Morgan fingerprint density at radius 1 is 1.11 bits per heavy atom. The highest BCUT2D eigenvalue weighted by Crippen LogP contribution is 2.37. The number of thioether (sulfide) groups is 1. The van der Waals surface area contributed by atoms with Crippen molar-refractivity contribution >= 4 is 17.7 Å². The number of nitrogens with two attached hydrogens (primary N) is 1. The van der Waals surface area contributed by atoms with Gasteiger partial charge in [0, 0.05) is 19.1 Å². The summed E-state index contributed by atoms with van der Waals surface area (Å²) < 4.78 is 0. The minimum Gasteiger partial charge on any atom is -0.341 e. The van der Waals surface area contributed by atoms with E-state index in [4.69, 9.17) is 5.73 Å². The average Bonchev–Trinajstić information content (AvgIpc) is 2.84. The smallest absolute Gasteiger partial charge is 0.235 e. The molecule has 0 aromatic carbocycles. The van der Waals surface area contributed by atoms with Gasteiger partial charge in [0.2, 0.25) is 5.91 Å². The molecular formula is C14H24N2OS. The SMILES string of the molecule is NC1CCCC2CN(C(=O)C3CCCCS3)CC12. The molecule has 1 aliphatic carbocycles. The van der Waals surface area contributed by atoms with Crippen molar-refractivity contribution in [3.05, 3.63) is 0 Å². The zero-order chi connectivity index (χ0) is 12.5. The van der Waals surface area contributed by atoms with Crippen molar-refractivity contribution in [3.8, 4) is 0 Å². The van der Waals surface area contributed by atoms with Crippen LogP contribution in [-0.4, -0.2) is 40.9 Å². The molecule has 3 rings (SSSR count). The van der Waals surface area contributed by atoms with Crippen LogP contribution < -0.4 is 5.73 Å². The molecule has 3 aliphatic rings. The Hall–Kier alpha value is -0.220. The third-order valence-electron chi connectivity index (χ3n) is 4.92. The molecule has 0 spiro atoms. The van der Waals surface area contributed by atoms with Crippen molar-refractivity contribution < 1.29 is 4.79 Å². The lowest BCUT2D eigenvalue weighted by molar-refractivity contribution is -0.130. The molecule has 4 unspecified atom stereocenters. The van der Waals surface area contributed by atoms with Gasteiger partial charge in [-0.25, -0.2) is 0 Å². The fourth-order valence-corrected chi connectivity index (χ4v) is 5.12. The molecule has 0 aromatic heterocycles. The Balaban J connectivity index is 1.62. The van der Waals surface area contributed by atoms with E-state index in [1.165, 1.54) is 25.7 Å². The standard InChI is InChI=1S/C14H24N2OS/c15-12-5-3-4-10-8-16(9-11(10)12)14(17)13-6-1-2-7-18-13/h10-13H,1-9,15H2. The molecule has 2 N–H and O–H groups in total. The third kappa shape index (κ3) is 2.42. The van der Waals surface area contributed by atoms with Crippen LogP contribution >= 0.6 is 11.8 Å². The van der Waals surface area contributed by atoms with Crippen LogP contribution in [0, 0.1) is 11.8 Å². The summed E-state index contributed by atoms with van der Waals surface area (Å²) in [7, 11) is 0. The van der Waals surface area contributed by atoms with Gasteiger partial charge in [0.25, 0.3) is 0 Å². The van der Waals surface area contributed by atoms with Crippen LogP contribution in [0.2, 0.25) is 0 Å². The maximum absolute atomic E-state index is 12.5. The number of hydrogen-bond donors (Lipinski definition) is 1. The number of rotatable bonds is 1. The van der Waals surface area contributed by atoms with Crippen LogP contribution in [0.25, 0.3) is 0 Å². The molecule has 3 fully saturated rings. The maximum Gasteiger partial charge on any atom is 0.235 e. The number of carbonyl (C=O) groups is 1. The molecule has 2 saturated heterocycles.